The second kappa shape index (κ2) is 10.2. The minimum Gasteiger partial charge on any atom is -0.492 e. The van der Waals surface area contributed by atoms with Gasteiger partial charge in [-0.1, -0.05) is 19.9 Å². The zero-order chi connectivity index (χ0) is 21.6. The lowest BCUT2D eigenvalue weighted by atomic mass is 10.1. The predicted molar refractivity (Wildman–Crippen MR) is 114 cm³/mol. The van der Waals surface area contributed by atoms with Gasteiger partial charge >= 0.3 is 0 Å². The summed E-state index contributed by atoms with van der Waals surface area (Å²) in [4.78, 5) is 12.4. The third kappa shape index (κ3) is 5.77. The zero-order valence-electron chi connectivity index (χ0n) is 16.5. The van der Waals surface area contributed by atoms with Crippen molar-refractivity contribution in [3.05, 3.63) is 52.3 Å². The maximum atomic E-state index is 13.3. The van der Waals surface area contributed by atoms with Gasteiger partial charge in [0.1, 0.15) is 16.5 Å². The van der Waals surface area contributed by atoms with E-state index in [2.05, 4.69) is 21.2 Å². The Morgan fingerprint density at radius 2 is 1.83 bits per heavy atom. The van der Waals surface area contributed by atoms with Crippen LogP contribution < -0.4 is 10.1 Å². The molecule has 2 rings (SSSR count). The molecule has 0 saturated carbocycles. The molecule has 0 aliphatic carbocycles. The topological polar surface area (TPSA) is 75.7 Å². The van der Waals surface area contributed by atoms with Crippen LogP contribution in [0.25, 0.3) is 0 Å². The van der Waals surface area contributed by atoms with Crippen LogP contribution >= 0.6 is 15.9 Å². The largest absolute Gasteiger partial charge is 0.492 e. The van der Waals surface area contributed by atoms with Gasteiger partial charge in [-0.2, -0.15) is 4.31 Å². The van der Waals surface area contributed by atoms with Crippen molar-refractivity contribution >= 4 is 37.5 Å². The fourth-order valence-electron chi connectivity index (χ4n) is 2.80. The normalized spacial score (nSPS) is 11.5. The third-order valence-corrected chi connectivity index (χ3v) is 6.88. The Morgan fingerprint density at radius 1 is 1.14 bits per heavy atom. The number of amides is 1. The number of carbonyl (C=O) groups excluding carboxylic acids is 1. The van der Waals surface area contributed by atoms with Gasteiger partial charge in [-0.25, -0.2) is 12.8 Å². The molecule has 0 radical (unpaired) electrons. The molecule has 9 heteroatoms. The third-order valence-electron chi connectivity index (χ3n) is 4.20. The molecule has 1 N–H and O–H groups in total. The monoisotopic (exact) mass is 486 g/mol. The molecular formula is C20H24BrFN2O4S. The van der Waals surface area contributed by atoms with Gasteiger partial charge in [0.05, 0.1) is 17.5 Å². The molecule has 29 heavy (non-hydrogen) atoms. The van der Waals surface area contributed by atoms with Gasteiger partial charge in [-0.05, 0) is 58.7 Å². The molecule has 0 fully saturated rings. The zero-order valence-corrected chi connectivity index (χ0v) is 18.9. The molecule has 158 valence electrons. The van der Waals surface area contributed by atoms with Crippen LogP contribution in [0.15, 0.2) is 45.8 Å². The Hall–Kier alpha value is -1.97. The lowest BCUT2D eigenvalue weighted by molar-refractivity contribution is -0.115. The van der Waals surface area contributed by atoms with Gasteiger partial charge in [0.2, 0.25) is 15.9 Å². The Balaban J connectivity index is 2.29. The molecule has 0 spiro atoms. The molecule has 0 unspecified atom stereocenters. The number of rotatable bonds is 9. The lowest BCUT2D eigenvalue weighted by Crippen LogP contribution is -2.31. The van der Waals surface area contributed by atoms with E-state index in [1.54, 1.807) is 26.8 Å². The maximum Gasteiger partial charge on any atom is 0.246 e. The van der Waals surface area contributed by atoms with Gasteiger partial charge in [-0.15, -0.1) is 0 Å². The number of benzene rings is 2. The van der Waals surface area contributed by atoms with Crippen molar-refractivity contribution in [2.75, 3.05) is 25.0 Å². The smallest absolute Gasteiger partial charge is 0.246 e. The van der Waals surface area contributed by atoms with E-state index in [-0.39, 0.29) is 27.4 Å². The number of sulfonamides is 1. The minimum absolute atomic E-state index is 0.00498. The number of halogens is 2. The molecule has 0 saturated heterocycles. The number of anilines is 1. The average molecular weight is 487 g/mol. The van der Waals surface area contributed by atoms with Crippen molar-refractivity contribution in [2.24, 2.45) is 0 Å². The fourth-order valence-corrected chi connectivity index (χ4v) is 4.85. The molecule has 0 atom stereocenters. The molecule has 0 aliphatic heterocycles. The standard InChI is InChI=1S/C20H24BrFN2O4S/c1-4-24(5-2)29(26,27)19-13-15(8-10-18(19)28-6-3)23-20(25)12-14-7-9-17(22)16(21)11-14/h7-11,13H,4-6,12H2,1-3H3,(H,23,25). The number of nitrogens with zero attached hydrogens (tertiary/aromatic N) is 1. The van der Waals surface area contributed by atoms with Crippen LogP contribution in [0, 0.1) is 5.82 Å². The summed E-state index contributed by atoms with van der Waals surface area (Å²) in [7, 11) is -3.77. The van der Waals surface area contributed by atoms with E-state index >= 15 is 0 Å². The quantitative estimate of drug-likeness (QED) is 0.576. The van der Waals surface area contributed by atoms with Gasteiger partial charge in [0.15, 0.2) is 0 Å². The molecule has 0 aromatic heterocycles. The van der Waals surface area contributed by atoms with Crippen LogP contribution in [0.5, 0.6) is 5.75 Å². The first-order valence-corrected chi connectivity index (χ1v) is 11.5. The molecular weight excluding hydrogens is 463 g/mol. The van der Waals surface area contributed by atoms with E-state index in [9.17, 15) is 17.6 Å². The van der Waals surface area contributed by atoms with Crippen molar-refractivity contribution in [2.45, 2.75) is 32.1 Å². The Bertz CT molecular complexity index is 978. The summed E-state index contributed by atoms with van der Waals surface area (Å²) >= 11 is 3.09. The summed E-state index contributed by atoms with van der Waals surface area (Å²) in [5.41, 5.74) is 0.961. The van der Waals surface area contributed by atoms with Crippen LogP contribution in [0.2, 0.25) is 0 Å². The molecule has 1 amide bonds. The number of hydrogen-bond acceptors (Lipinski definition) is 4. The highest BCUT2D eigenvalue weighted by atomic mass is 79.9. The fraction of sp³-hybridized carbons (Fsp3) is 0.350. The van der Waals surface area contributed by atoms with Crippen molar-refractivity contribution in [1.82, 2.24) is 4.31 Å². The summed E-state index contributed by atoms with van der Waals surface area (Å²) in [5, 5.41) is 2.69. The molecule has 0 bridgehead atoms. The van der Waals surface area contributed by atoms with E-state index < -0.39 is 15.8 Å². The molecule has 2 aromatic carbocycles. The highest BCUT2D eigenvalue weighted by Crippen LogP contribution is 2.30. The van der Waals surface area contributed by atoms with E-state index in [0.29, 0.717) is 30.9 Å². The first-order valence-electron chi connectivity index (χ1n) is 9.23. The van der Waals surface area contributed by atoms with E-state index in [4.69, 9.17) is 4.74 Å². The highest BCUT2D eigenvalue weighted by molar-refractivity contribution is 9.10. The number of carbonyl (C=O) groups is 1. The summed E-state index contributed by atoms with van der Waals surface area (Å²) in [6.45, 7) is 6.23. The summed E-state index contributed by atoms with van der Waals surface area (Å²) in [6, 6.07) is 8.85. The molecule has 0 aliphatic rings. The van der Waals surface area contributed by atoms with Gasteiger partial charge < -0.3 is 10.1 Å². The SMILES string of the molecule is CCOc1ccc(NC(=O)Cc2ccc(F)c(Br)c2)cc1S(=O)(=O)N(CC)CC. The summed E-state index contributed by atoms with van der Waals surface area (Å²) in [6.07, 6.45) is 0.0181. The van der Waals surface area contributed by atoms with Crippen LogP contribution in [-0.2, 0) is 21.2 Å². The van der Waals surface area contributed by atoms with Crippen LogP contribution in [0.3, 0.4) is 0 Å². The Morgan fingerprint density at radius 3 is 2.41 bits per heavy atom. The van der Waals surface area contributed by atoms with E-state index in [1.165, 1.54) is 34.6 Å². The number of ether oxygens (including phenoxy) is 1. The van der Waals surface area contributed by atoms with Gasteiger partial charge in [0, 0.05) is 18.8 Å². The van der Waals surface area contributed by atoms with Crippen LogP contribution in [-0.4, -0.2) is 38.3 Å². The van der Waals surface area contributed by atoms with Crippen molar-refractivity contribution in [3.63, 3.8) is 0 Å². The number of nitrogens with one attached hydrogen (secondary N) is 1. The first kappa shape index (κ1) is 23.3. The molecule has 0 heterocycles. The number of hydrogen-bond donors (Lipinski definition) is 1. The van der Waals surface area contributed by atoms with Crippen molar-refractivity contribution in [3.8, 4) is 5.75 Å². The summed E-state index contributed by atoms with van der Waals surface area (Å²) < 4.78 is 46.4. The average Bonchev–Trinajstić information content (AvgIpc) is 2.66. The van der Waals surface area contributed by atoms with Crippen molar-refractivity contribution < 1.29 is 22.3 Å². The lowest BCUT2D eigenvalue weighted by Gasteiger charge is -2.21. The van der Waals surface area contributed by atoms with E-state index in [1.807, 2.05) is 0 Å². The summed E-state index contributed by atoms with van der Waals surface area (Å²) in [5.74, 6) is -0.523. The Labute approximate surface area is 179 Å². The highest BCUT2D eigenvalue weighted by Gasteiger charge is 2.26. The van der Waals surface area contributed by atoms with Gasteiger partial charge in [0.25, 0.3) is 0 Å². The molecule has 6 nitrogen and oxygen atoms in total. The second-order valence-corrected chi connectivity index (χ2v) is 8.92. The van der Waals surface area contributed by atoms with Crippen molar-refractivity contribution in [1.29, 1.82) is 0 Å². The first-order chi connectivity index (χ1) is 13.7. The Kier molecular flexibility index (Phi) is 8.18. The van der Waals surface area contributed by atoms with Crippen LogP contribution in [0.4, 0.5) is 10.1 Å². The maximum absolute atomic E-state index is 13.3. The van der Waals surface area contributed by atoms with Gasteiger partial charge in [-0.3, -0.25) is 4.79 Å². The second-order valence-electron chi connectivity index (χ2n) is 6.16. The minimum atomic E-state index is -3.77. The predicted octanol–water partition coefficient (Wildman–Crippen LogP) is 4.20. The van der Waals surface area contributed by atoms with Crippen LogP contribution in [0.1, 0.15) is 26.3 Å². The molecule has 2 aromatic rings. The van der Waals surface area contributed by atoms with E-state index in [0.717, 1.165) is 0 Å².